The zero-order chi connectivity index (χ0) is 20.4. The summed E-state index contributed by atoms with van der Waals surface area (Å²) in [5.74, 6) is 1.76. The molecule has 2 rings (SSSR count). The lowest BCUT2D eigenvalue weighted by Crippen LogP contribution is -2.38. The molecule has 0 spiro atoms. The van der Waals surface area contributed by atoms with Gasteiger partial charge in [0.2, 0.25) is 0 Å². The number of aromatic nitrogens is 3. The largest absolute Gasteiger partial charge is 0.484 e. The van der Waals surface area contributed by atoms with Crippen molar-refractivity contribution in [1.29, 1.82) is 0 Å². The molecule has 28 heavy (non-hydrogen) atoms. The van der Waals surface area contributed by atoms with Crippen molar-refractivity contribution in [3.8, 4) is 5.75 Å². The van der Waals surface area contributed by atoms with Crippen LogP contribution in [0.4, 0.5) is 13.2 Å². The number of hydrogen-bond acceptors (Lipinski definition) is 4. The van der Waals surface area contributed by atoms with Crippen LogP contribution in [0.1, 0.15) is 25.2 Å². The second kappa shape index (κ2) is 10.5. The summed E-state index contributed by atoms with van der Waals surface area (Å²) >= 11 is 0. The lowest BCUT2D eigenvalue weighted by molar-refractivity contribution is -0.153. The Morgan fingerprint density at radius 1 is 1.18 bits per heavy atom. The topological polar surface area (TPSA) is 76.4 Å². The van der Waals surface area contributed by atoms with Crippen molar-refractivity contribution in [2.24, 2.45) is 4.99 Å². The Hall–Kier alpha value is -2.78. The number of ether oxygens (including phenoxy) is 1. The van der Waals surface area contributed by atoms with Crippen LogP contribution in [0.25, 0.3) is 0 Å². The maximum absolute atomic E-state index is 12.2. The Morgan fingerprint density at radius 3 is 2.57 bits per heavy atom. The molecule has 10 heteroatoms. The van der Waals surface area contributed by atoms with Crippen molar-refractivity contribution < 1.29 is 17.9 Å². The van der Waals surface area contributed by atoms with Crippen LogP contribution in [0.15, 0.2) is 35.6 Å². The van der Waals surface area contributed by atoms with Crippen LogP contribution in [-0.2, 0) is 19.5 Å². The monoisotopic (exact) mass is 398 g/mol. The maximum Gasteiger partial charge on any atom is 0.422 e. The van der Waals surface area contributed by atoms with Crippen molar-refractivity contribution in [3.05, 3.63) is 42.0 Å². The fourth-order valence-corrected chi connectivity index (χ4v) is 2.40. The van der Waals surface area contributed by atoms with Gasteiger partial charge in [-0.2, -0.15) is 13.2 Å². The molecule has 2 aromatic rings. The predicted molar refractivity (Wildman–Crippen MR) is 100 cm³/mol. The van der Waals surface area contributed by atoms with E-state index in [1.54, 1.807) is 18.5 Å². The lowest BCUT2D eigenvalue weighted by atomic mass is 10.2. The summed E-state index contributed by atoms with van der Waals surface area (Å²) in [5, 5.41) is 14.3. The number of halogens is 3. The fraction of sp³-hybridized carbons (Fsp3) is 0.500. The Kier molecular flexibility index (Phi) is 8.09. The van der Waals surface area contributed by atoms with E-state index in [2.05, 4.69) is 25.8 Å². The third kappa shape index (κ3) is 7.45. The molecule has 2 N–H and O–H groups in total. The number of nitrogens with zero attached hydrogens (tertiary/aromatic N) is 4. The molecule has 1 aromatic heterocycles. The maximum atomic E-state index is 12.2. The molecule has 0 saturated carbocycles. The van der Waals surface area contributed by atoms with Crippen molar-refractivity contribution in [2.45, 2.75) is 39.5 Å². The molecule has 0 aliphatic heterocycles. The number of hydrogen-bond donors (Lipinski definition) is 2. The zero-order valence-corrected chi connectivity index (χ0v) is 16.0. The van der Waals surface area contributed by atoms with Gasteiger partial charge in [-0.25, -0.2) is 4.99 Å². The number of nitrogens with one attached hydrogen (secondary N) is 2. The third-order valence-electron chi connectivity index (χ3n) is 3.75. The average molecular weight is 398 g/mol. The summed E-state index contributed by atoms with van der Waals surface area (Å²) < 4.78 is 43.2. The van der Waals surface area contributed by atoms with Crippen molar-refractivity contribution in [3.63, 3.8) is 0 Å². The lowest BCUT2D eigenvalue weighted by Gasteiger charge is -2.12. The van der Waals surface area contributed by atoms with Gasteiger partial charge in [0.15, 0.2) is 12.6 Å². The van der Waals surface area contributed by atoms with Crippen LogP contribution in [0, 0.1) is 0 Å². The minimum atomic E-state index is -4.35. The van der Waals surface area contributed by atoms with E-state index in [9.17, 15) is 13.2 Å². The van der Waals surface area contributed by atoms with Gasteiger partial charge in [-0.3, -0.25) is 0 Å². The minimum absolute atomic E-state index is 0.177. The highest BCUT2D eigenvalue weighted by molar-refractivity contribution is 5.79. The quantitative estimate of drug-likeness (QED) is 0.502. The average Bonchev–Trinajstić information content (AvgIpc) is 3.12. The van der Waals surface area contributed by atoms with Crippen molar-refractivity contribution >= 4 is 5.96 Å². The first kappa shape index (κ1) is 21.5. The van der Waals surface area contributed by atoms with Crippen molar-refractivity contribution in [1.82, 2.24) is 25.4 Å². The van der Waals surface area contributed by atoms with Crippen LogP contribution < -0.4 is 15.4 Å². The number of alkyl halides is 3. The van der Waals surface area contributed by atoms with E-state index in [0.29, 0.717) is 32.1 Å². The molecule has 1 aromatic carbocycles. The number of aryl methyl sites for hydroxylation is 1. The van der Waals surface area contributed by atoms with Gasteiger partial charge in [0.05, 0.1) is 6.54 Å². The summed E-state index contributed by atoms with van der Waals surface area (Å²) in [6.45, 7) is 5.17. The molecule has 0 aliphatic carbocycles. The molecule has 0 amide bonds. The van der Waals surface area contributed by atoms with E-state index in [0.717, 1.165) is 17.8 Å². The fourth-order valence-electron chi connectivity index (χ4n) is 2.40. The number of benzene rings is 1. The highest BCUT2D eigenvalue weighted by Crippen LogP contribution is 2.19. The van der Waals surface area contributed by atoms with Gasteiger partial charge in [0.25, 0.3) is 0 Å². The highest BCUT2D eigenvalue weighted by Gasteiger charge is 2.28. The van der Waals surface area contributed by atoms with Gasteiger partial charge in [0.1, 0.15) is 17.9 Å². The summed E-state index contributed by atoms with van der Waals surface area (Å²) in [5.41, 5.74) is 0.864. The molecule has 0 fully saturated rings. The zero-order valence-electron chi connectivity index (χ0n) is 16.0. The Balaban J connectivity index is 1.85. The number of aliphatic imine (C=N–C) groups is 1. The molecule has 0 saturated heterocycles. The first-order valence-electron chi connectivity index (χ1n) is 9.08. The van der Waals surface area contributed by atoms with Crippen LogP contribution in [0.2, 0.25) is 0 Å². The van der Waals surface area contributed by atoms with Gasteiger partial charge < -0.3 is 19.9 Å². The minimum Gasteiger partial charge on any atom is -0.484 e. The van der Waals surface area contributed by atoms with E-state index >= 15 is 0 Å². The molecule has 0 unspecified atom stereocenters. The third-order valence-corrected chi connectivity index (χ3v) is 3.75. The highest BCUT2D eigenvalue weighted by atomic mass is 19.4. The van der Waals surface area contributed by atoms with Crippen molar-refractivity contribution in [2.75, 3.05) is 19.7 Å². The van der Waals surface area contributed by atoms with Crippen LogP contribution in [0.5, 0.6) is 5.75 Å². The predicted octanol–water partition coefficient (Wildman–Crippen LogP) is 2.54. The molecule has 7 nitrogen and oxygen atoms in total. The van der Waals surface area contributed by atoms with Crippen LogP contribution in [0.3, 0.4) is 0 Å². The van der Waals surface area contributed by atoms with Gasteiger partial charge in [-0.1, -0.05) is 19.1 Å². The summed E-state index contributed by atoms with van der Waals surface area (Å²) in [7, 11) is 0. The first-order valence-corrected chi connectivity index (χ1v) is 9.08. The molecule has 154 valence electrons. The molecular formula is C18H25F3N6O. The Labute approximate surface area is 162 Å². The molecule has 0 aliphatic rings. The Bertz CT molecular complexity index is 743. The van der Waals surface area contributed by atoms with Gasteiger partial charge in [0, 0.05) is 26.1 Å². The summed E-state index contributed by atoms with van der Waals surface area (Å²) in [6.07, 6.45) is -1.83. The molecule has 0 radical (unpaired) electrons. The van der Waals surface area contributed by atoms with Gasteiger partial charge in [-0.05, 0) is 24.6 Å². The van der Waals surface area contributed by atoms with E-state index < -0.39 is 12.8 Å². The molecule has 0 atom stereocenters. The van der Waals surface area contributed by atoms with Gasteiger partial charge >= 0.3 is 6.18 Å². The van der Waals surface area contributed by atoms with E-state index in [1.165, 1.54) is 12.1 Å². The number of guanidine groups is 1. The SMILES string of the molecule is CCNC(=NCc1ccc(OCC(F)(F)F)cc1)NCCn1cnnc1CC. The molecular weight excluding hydrogens is 373 g/mol. The molecule has 1 heterocycles. The second-order valence-corrected chi connectivity index (χ2v) is 5.96. The molecule has 0 bridgehead atoms. The van der Waals surface area contributed by atoms with E-state index in [1.807, 2.05) is 18.4 Å². The van der Waals surface area contributed by atoms with Crippen LogP contribution in [-0.4, -0.2) is 46.6 Å². The summed E-state index contributed by atoms with van der Waals surface area (Å²) in [4.78, 5) is 4.49. The Morgan fingerprint density at radius 2 is 1.93 bits per heavy atom. The van der Waals surface area contributed by atoms with E-state index in [-0.39, 0.29) is 5.75 Å². The first-order chi connectivity index (χ1) is 13.4. The second-order valence-electron chi connectivity index (χ2n) is 5.96. The summed E-state index contributed by atoms with van der Waals surface area (Å²) in [6, 6.07) is 6.41. The van der Waals surface area contributed by atoms with Crippen LogP contribution >= 0.6 is 0 Å². The smallest absolute Gasteiger partial charge is 0.422 e. The standard InChI is InChI=1S/C18H25F3N6O/c1-3-16-26-25-13-27(16)10-9-23-17(22-4-2)24-11-14-5-7-15(8-6-14)28-12-18(19,20)21/h5-8,13H,3-4,9-12H2,1-2H3,(H2,22,23,24). The normalized spacial score (nSPS) is 12.1. The number of rotatable bonds is 9. The van der Waals surface area contributed by atoms with Gasteiger partial charge in [-0.15, -0.1) is 10.2 Å². The van der Waals surface area contributed by atoms with E-state index in [4.69, 9.17) is 4.74 Å².